The minimum absolute atomic E-state index is 0.245. The molecule has 0 aliphatic carbocycles. The van der Waals surface area contributed by atoms with Gasteiger partial charge in [0, 0.05) is 12.3 Å². The molecule has 0 saturated carbocycles. The zero-order valence-electron chi connectivity index (χ0n) is 12.4. The van der Waals surface area contributed by atoms with Crippen molar-refractivity contribution in [2.24, 2.45) is 0 Å². The number of nitrogens with zero attached hydrogens (tertiary/aromatic N) is 3. The van der Waals surface area contributed by atoms with Crippen LogP contribution in [0.25, 0.3) is 10.2 Å². The molecule has 0 atom stereocenters. The van der Waals surface area contributed by atoms with Gasteiger partial charge < -0.3 is 5.73 Å². The average molecular weight is 356 g/mol. The van der Waals surface area contributed by atoms with Gasteiger partial charge in [-0.15, -0.1) is 11.3 Å². The summed E-state index contributed by atoms with van der Waals surface area (Å²) in [7, 11) is 0. The summed E-state index contributed by atoms with van der Waals surface area (Å²) < 4.78 is 0. The van der Waals surface area contributed by atoms with Gasteiger partial charge in [0.25, 0.3) is 11.8 Å². The smallest absolute Gasteiger partial charge is 0.261 e. The van der Waals surface area contributed by atoms with Crippen LogP contribution in [-0.4, -0.2) is 39.0 Å². The number of nitrogen functional groups attached to an aromatic ring is 1. The highest BCUT2D eigenvalue weighted by Gasteiger charge is 2.34. The van der Waals surface area contributed by atoms with E-state index in [1.54, 1.807) is 24.3 Å². The SMILES string of the molecule is Nc1nc(SCCN2C(=O)c3ccccc3C2=O)nc2sccc12. The van der Waals surface area contributed by atoms with E-state index in [0.29, 0.717) is 34.4 Å². The van der Waals surface area contributed by atoms with Crippen molar-refractivity contribution in [2.75, 3.05) is 18.0 Å². The summed E-state index contributed by atoms with van der Waals surface area (Å²) in [6.07, 6.45) is 0. The average Bonchev–Trinajstić information content (AvgIpc) is 3.14. The maximum atomic E-state index is 12.3. The Labute approximate surface area is 145 Å². The van der Waals surface area contributed by atoms with Gasteiger partial charge in [0.15, 0.2) is 5.16 Å². The van der Waals surface area contributed by atoms with Crippen molar-refractivity contribution < 1.29 is 9.59 Å². The molecule has 24 heavy (non-hydrogen) atoms. The van der Waals surface area contributed by atoms with Crippen LogP contribution in [0.2, 0.25) is 0 Å². The van der Waals surface area contributed by atoms with Crippen LogP contribution in [0.1, 0.15) is 20.7 Å². The second-order valence-electron chi connectivity index (χ2n) is 5.19. The first-order valence-electron chi connectivity index (χ1n) is 7.24. The van der Waals surface area contributed by atoms with Crippen molar-refractivity contribution in [3.8, 4) is 0 Å². The normalized spacial score (nSPS) is 13.8. The second-order valence-corrected chi connectivity index (χ2v) is 7.14. The lowest BCUT2D eigenvalue weighted by molar-refractivity contribution is 0.0664. The number of carbonyl (C=O) groups excluding carboxylic acids is 2. The Morgan fingerprint density at radius 2 is 1.79 bits per heavy atom. The zero-order chi connectivity index (χ0) is 16.7. The number of rotatable bonds is 4. The molecule has 1 aliphatic heterocycles. The minimum atomic E-state index is -0.245. The van der Waals surface area contributed by atoms with Gasteiger partial charge in [0.1, 0.15) is 10.6 Å². The predicted octanol–water partition coefficient (Wildman–Crippen LogP) is 2.66. The van der Waals surface area contributed by atoms with Crippen molar-refractivity contribution in [1.29, 1.82) is 0 Å². The molecule has 2 aromatic heterocycles. The largest absolute Gasteiger partial charge is 0.383 e. The molecule has 1 aromatic carbocycles. The minimum Gasteiger partial charge on any atom is -0.383 e. The fraction of sp³-hybridized carbons (Fsp3) is 0.125. The highest BCUT2D eigenvalue weighted by atomic mass is 32.2. The van der Waals surface area contributed by atoms with Gasteiger partial charge in [-0.1, -0.05) is 23.9 Å². The van der Waals surface area contributed by atoms with Crippen LogP contribution in [0.4, 0.5) is 5.82 Å². The van der Waals surface area contributed by atoms with Crippen LogP contribution >= 0.6 is 23.1 Å². The molecule has 2 amide bonds. The van der Waals surface area contributed by atoms with E-state index in [4.69, 9.17) is 5.73 Å². The molecule has 0 fully saturated rings. The standard InChI is InChI=1S/C16H12N4O2S2/c17-12-11-5-7-23-13(11)19-16(18-12)24-8-6-20-14(21)9-3-1-2-4-10(9)15(20)22/h1-5,7H,6,8H2,(H2,17,18,19). The van der Waals surface area contributed by atoms with Gasteiger partial charge in [-0.3, -0.25) is 14.5 Å². The number of anilines is 1. The number of amides is 2. The lowest BCUT2D eigenvalue weighted by atomic mass is 10.1. The summed E-state index contributed by atoms with van der Waals surface area (Å²) in [6, 6.07) is 8.77. The molecule has 0 saturated heterocycles. The molecule has 8 heteroatoms. The zero-order valence-corrected chi connectivity index (χ0v) is 14.1. The topological polar surface area (TPSA) is 89.2 Å². The highest BCUT2D eigenvalue weighted by Crippen LogP contribution is 2.27. The number of fused-ring (bicyclic) bond motifs is 2. The first kappa shape index (κ1) is 15.1. The third kappa shape index (κ3) is 2.44. The van der Waals surface area contributed by atoms with E-state index in [0.717, 1.165) is 10.2 Å². The number of imide groups is 1. The summed E-state index contributed by atoms with van der Waals surface area (Å²) in [4.78, 5) is 35.4. The van der Waals surface area contributed by atoms with E-state index >= 15 is 0 Å². The fourth-order valence-corrected chi connectivity index (χ4v) is 4.20. The number of benzene rings is 1. The van der Waals surface area contributed by atoms with Crippen molar-refractivity contribution in [2.45, 2.75) is 5.16 Å². The molecule has 0 bridgehead atoms. The molecule has 0 radical (unpaired) electrons. The van der Waals surface area contributed by atoms with Crippen LogP contribution in [0.3, 0.4) is 0 Å². The number of hydrogen-bond acceptors (Lipinski definition) is 7. The summed E-state index contributed by atoms with van der Waals surface area (Å²) in [5.74, 6) is 0.474. The van der Waals surface area contributed by atoms with Crippen LogP contribution in [-0.2, 0) is 0 Å². The Bertz CT molecular complexity index is 935. The molecular weight excluding hydrogens is 344 g/mol. The lowest BCUT2D eigenvalue weighted by Crippen LogP contribution is -2.31. The maximum absolute atomic E-state index is 12.3. The maximum Gasteiger partial charge on any atom is 0.261 e. The molecule has 3 heterocycles. The van der Waals surface area contributed by atoms with Crippen LogP contribution < -0.4 is 5.73 Å². The fourth-order valence-electron chi connectivity index (χ4n) is 2.59. The van der Waals surface area contributed by atoms with Crippen molar-refractivity contribution >= 4 is 50.9 Å². The number of aromatic nitrogens is 2. The molecule has 0 spiro atoms. The van der Waals surface area contributed by atoms with E-state index in [1.165, 1.54) is 28.0 Å². The van der Waals surface area contributed by atoms with Gasteiger partial charge in [-0.05, 0) is 23.6 Å². The number of thioether (sulfide) groups is 1. The highest BCUT2D eigenvalue weighted by molar-refractivity contribution is 7.99. The summed E-state index contributed by atoms with van der Waals surface area (Å²) in [6.45, 7) is 0.308. The Balaban J connectivity index is 1.46. The number of carbonyl (C=O) groups is 2. The lowest BCUT2D eigenvalue weighted by Gasteiger charge is -2.12. The van der Waals surface area contributed by atoms with Crippen LogP contribution in [0.5, 0.6) is 0 Å². The summed E-state index contributed by atoms with van der Waals surface area (Å²) in [5.41, 5.74) is 6.85. The van der Waals surface area contributed by atoms with Gasteiger partial charge in [-0.2, -0.15) is 0 Å². The molecule has 4 rings (SSSR count). The Morgan fingerprint density at radius 1 is 1.08 bits per heavy atom. The molecule has 3 aromatic rings. The van der Waals surface area contributed by atoms with Gasteiger partial charge in [-0.25, -0.2) is 9.97 Å². The Kier molecular flexibility index (Phi) is 3.70. The summed E-state index contributed by atoms with van der Waals surface area (Å²) >= 11 is 2.88. The molecular formula is C16H12N4O2S2. The van der Waals surface area contributed by atoms with Crippen LogP contribution in [0.15, 0.2) is 40.9 Å². The Hall–Kier alpha value is -2.45. The van der Waals surface area contributed by atoms with Crippen molar-refractivity contribution in [3.63, 3.8) is 0 Å². The van der Waals surface area contributed by atoms with Gasteiger partial charge >= 0.3 is 0 Å². The van der Waals surface area contributed by atoms with E-state index in [-0.39, 0.29) is 11.8 Å². The number of nitrogens with two attached hydrogens (primary N) is 1. The van der Waals surface area contributed by atoms with E-state index in [1.807, 2.05) is 11.4 Å². The Morgan fingerprint density at radius 3 is 2.50 bits per heavy atom. The molecule has 0 unspecified atom stereocenters. The third-order valence-electron chi connectivity index (χ3n) is 3.76. The van der Waals surface area contributed by atoms with Crippen LogP contribution in [0, 0.1) is 0 Å². The first-order chi connectivity index (χ1) is 11.6. The monoisotopic (exact) mass is 356 g/mol. The molecule has 120 valence electrons. The first-order valence-corrected chi connectivity index (χ1v) is 9.10. The molecule has 1 aliphatic rings. The van der Waals surface area contributed by atoms with E-state index in [9.17, 15) is 9.59 Å². The van der Waals surface area contributed by atoms with E-state index in [2.05, 4.69) is 9.97 Å². The number of thiophene rings is 1. The second kappa shape index (κ2) is 5.88. The van der Waals surface area contributed by atoms with Crippen molar-refractivity contribution in [3.05, 3.63) is 46.8 Å². The predicted molar refractivity (Wildman–Crippen MR) is 94.4 cm³/mol. The van der Waals surface area contributed by atoms with Gasteiger partial charge in [0.2, 0.25) is 0 Å². The van der Waals surface area contributed by atoms with E-state index < -0.39 is 0 Å². The quantitative estimate of drug-likeness (QED) is 0.439. The number of hydrogen-bond donors (Lipinski definition) is 1. The third-order valence-corrected chi connectivity index (χ3v) is 5.39. The van der Waals surface area contributed by atoms with Crippen molar-refractivity contribution in [1.82, 2.24) is 14.9 Å². The molecule has 6 nitrogen and oxygen atoms in total. The summed E-state index contributed by atoms with van der Waals surface area (Å²) in [5, 5.41) is 3.33. The molecule has 2 N–H and O–H groups in total. The van der Waals surface area contributed by atoms with Gasteiger partial charge in [0.05, 0.1) is 16.5 Å².